The molecule has 3 aromatic carbocycles. The molecule has 0 bridgehead atoms. The van der Waals surface area contributed by atoms with Crippen LogP contribution in [0.25, 0.3) is 11.1 Å². The van der Waals surface area contributed by atoms with Crippen molar-refractivity contribution < 1.29 is 8.78 Å². The van der Waals surface area contributed by atoms with Crippen LogP contribution in [-0.2, 0) is 6.42 Å². The Morgan fingerprint density at radius 1 is 0.778 bits per heavy atom. The van der Waals surface area contributed by atoms with Gasteiger partial charge in [-0.05, 0) is 47.7 Å². The van der Waals surface area contributed by atoms with E-state index in [-0.39, 0.29) is 18.0 Å². The smallest absolute Gasteiger partial charge is 0.133 e. The molecule has 0 amide bonds. The zero-order chi connectivity index (χ0) is 17.9. The van der Waals surface area contributed by atoms with E-state index in [1.54, 1.807) is 0 Å². The quantitative estimate of drug-likeness (QED) is 0.616. The van der Waals surface area contributed by atoms with Crippen LogP contribution in [0.4, 0.5) is 8.78 Å². The van der Waals surface area contributed by atoms with Crippen LogP contribution in [0.5, 0.6) is 0 Å². The van der Waals surface area contributed by atoms with Gasteiger partial charge in [-0.25, -0.2) is 8.78 Å². The van der Waals surface area contributed by atoms with E-state index in [1.807, 2.05) is 30.3 Å². The average Bonchev–Trinajstić information content (AvgIpc) is 3.11. The van der Waals surface area contributed by atoms with Crippen molar-refractivity contribution in [1.82, 2.24) is 5.32 Å². The molecule has 1 fully saturated rings. The lowest BCUT2D eigenvalue weighted by Crippen LogP contribution is -2.13. The summed E-state index contributed by atoms with van der Waals surface area (Å²) in [7, 11) is 0. The molecule has 2 unspecified atom stereocenters. The van der Waals surface area contributed by atoms with Crippen molar-refractivity contribution in [2.45, 2.75) is 12.3 Å². The summed E-state index contributed by atoms with van der Waals surface area (Å²) in [4.78, 5) is 0. The molecule has 140 valence electrons. The third-order valence-corrected chi connectivity index (χ3v) is 5.27. The van der Waals surface area contributed by atoms with Crippen molar-refractivity contribution in [3.8, 4) is 11.1 Å². The Kier molecular flexibility index (Phi) is 6.25. The Labute approximate surface area is 164 Å². The minimum atomic E-state index is -0.526. The second kappa shape index (κ2) is 8.64. The Morgan fingerprint density at radius 3 is 2.11 bits per heavy atom. The average molecular weight is 386 g/mol. The van der Waals surface area contributed by atoms with E-state index >= 15 is 0 Å². The molecule has 3 aromatic rings. The van der Waals surface area contributed by atoms with E-state index < -0.39 is 11.6 Å². The molecule has 0 spiro atoms. The van der Waals surface area contributed by atoms with Gasteiger partial charge < -0.3 is 5.32 Å². The molecule has 0 radical (unpaired) electrons. The summed E-state index contributed by atoms with van der Waals surface area (Å²) in [6.07, 6.45) is 1.03. The fourth-order valence-corrected chi connectivity index (χ4v) is 3.93. The van der Waals surface area contributed by atoms with Gasteiger partial charge in [0.05, 0.1) is 5.56 Å². The van der Waals surface area contributed by atoms with Crippen LogP contribution in [0, 0.1) is 17.6 Å². The lowest BCUT2D eigenvalue weighted by molar-refractivity contribution is 0.516. The fraction of sp³-hybridized carbons (Fsp3) is 0.217. The van der Waals surface area contributed by atoms with Crippen LogP contribution < -0.4 is 5.32 Å². The van der Waals surface area contributed by atoms with Gasteiger partial charge in [0.1, 0.15) is 11.6 Å². The predicted octanol–water partition coefficient (Wildman–Crippen LogP) is 5.60. The Hall–Kier alpha value is -2.23. The molecule has 0 aromatic heterocycles. The van der Waals surface area contributed by atoms with Gasteiger partial charge in [0.15, 0.2) is 0 Å². The predicted molar refractivity (Wildman–Crippen MR) is 108 cm³/mol. The van der Waals surface area contributed by atoms with E-state index in [4.69, 9.17) is 0 Å². The largest absolute Gasteiger partial charge is 0.316 e. The van der Waals surface area contributed by atoms with Gasteiger partial charge in [-0.3, -0.25) is 0 Å². The van der Waals surface area contributed by atoms with E-state index in [2.05, 4.69) is 29.6 Å². The molecule has 0 aliphatic carbocycles. The summed E-state index contributed by atoms with van der Waals surface area (Å²) < 4.78 is 28.0. The first-order valence-electron chi connectivity index (χ1n) is 9.01. The van der Waals surface area contributed by atoms with Gasteiger partial charge >= 0.3 is 0 Å². The van der Waals surface area contributed by atoms with E-state index in [0.29, 0.717) is 17.4 Å². The standard InChI is InChI=1S/C23H21F2N.ClH/c24-21-7-4-8-22(25)23(21)18-11-9-17(10-12-18)20-15-26-14-19(20)13-16-5-2-1-3-6-16;/h1-12,19-20,26H,13-15H2;1H. The first-order valence-corrected chi connectivity index (χ1v) is 9.01. The van der Waals surface area contributed by atoms with Gasteiger partial charge in [-0.1, -0.05) is 60.7 Å². The van der Waals surface area contributed by atoms with Crippen molar-refractivity contribution >= 4 is 12.4 Å². The van der Waals surface area contributed by atoms with Gasteiger partial charge in [0, 0.05) is 12.5 Å². The molecule has 1 N–H and O–H groups in total. The first-order chi connectivity index (χ1) is 12.7. The third kappa shape index (κ3) is 4.20. The van der Waals surface area contributed by atoms with Crippen LogP contribution in [0.15, 0.2) is 72.8 Å². The highest BCUT2D eigenvalue weighted by atomic mass is 35.5. The molecular weight excluding hydrogens is 364 g/mol. The number of hydrogen-bond donors (Lipinski definition) is 1. The number of hydrogen-bond acceptors (Lipinski definition) is 1. The molecule has 4 heteroatoms. The van der Waals surface area contributed by atoms with Crippen molar-refractivity contribution in [2.75, 3.05) is 13.1 Å². The summed E-state index contributed by atoms with van der Waals surface area (Å²) >= 11 is 0. The molecule has 1 saturated heterocycles. The minimum Gasteiger partial charge on any atom is -0.316 e. The summed E-state index contributed by atoms with van der Waals surface area (Å²) in [6, 6.07) is 22.2. The van der Waals surface area contributed by atoms with Crippen molar-refractivity contribution in [3.63, 3.8) is 0 Å². The topological polar surface area (TPSA) is 12.0 Å². The monoisotopic (exact) mass is 385 g/mol. The maximum absolute atomic E-state index is 14.0. The maximum atomic E-state index is 14.0. The van der Waals surface area contributed by atoms with Crippen molar-refractivity contribution in [2.24, 2.45) is 5.92 Å². The summed E-state index contributed by atoms with van der Waals surface area (Å²) in [5.74, 6) is -0.118. The molecule has 1 aliphatic heterocycles. The zero-order valence-electron chi connectivity index (χ0n) is 14.9. The third-order valence-electron chi connectivity index (χ3n) is 5.27. The van der Waals surface area contributed by atoms with Crippen LogP contribution in [0.2, 0.25) is 0 Å². The molecule has 27 heavy (non-hydrogen) atoms. The number of halogens is 3. The molecule has 1 nitrogen and oxygen atoms in total. The lowest BCUT2D eigenvalue weighted by atomic mass is 9.84. The molecule has 4 rings (SSSR count). The fourth-order valence-electron chi connectivity index (χ4n) is 3.93. The molecular formula is C23H22ClF2N. The Bertz CT molecular complexity index is 860. The highest BCUT2D eigenvalue weighted by molar-refractivity contribution is 5.85. The van der Waals surface area contributed by atoms with E-state index in [1.165, 1.54) is 29.3 Å². The van der Waals surface area contributed by atoms with E-state index in [9.17, 15) is 8.78 Å². The van der Waals surface area contributed by atoms with Crippen molar-refractivity contribution in [3.05, 3.63) is 95.6 Å². The van der Waals surface area contributed by atoms with Gasteiger partial charge in [0.25, 0.3) is 0 Å². The summed E-state index contributed by atoms with van der Waals surface area (Å²) in [6.45, 7) is 1.92. The summed E-state index contributed by atoms with van der Waals surface area (Å²) in [5, 5.41) is 3.49. The lowest BCUT2D eigenvalue weighted by Gasteiger charge is -2.19. The van der Waals surface area contributed by atoms with Crippen LogP contribution in [0.1, 0.15) is 17.0 Å². The molecule has 1 aliphatic rings. The van der Waals surface area contributed by atoms with Crippen molar-refractivity contribution in [1.29, 1.82) is 0 Å². The maximum Gasteiger partial charge on any atom is 0.133 e. The minimum absolute atomic E-state index is 0. The zero-order valence-corrected chi connectivity index (χ0v) is 15.7. The first kappa shape index (κ1) is 19.5. The Morgan fingerprint density at radius 2 is 1.44 bits per heavy atom. The van der Waals surface area contributed by atoms with Crippen LogP contribution >= 0.6 is 12.4 Å². The number of benzene rings is 3. The summed E-state index contributed by atoms with van der Waals surface area (Å²) in [5.41, 5.74) is 3.19. The molecule has 0 saturated carbocycles. The Balaban J connectivity index is 0.00000210. The second-order valence-corrected chi connectivity index (χ2v) is 6.93. The number of rotatable bonds is 4. The van der Waals surface area contributed by atoms with Crippen LogP contribution in [-0.4, -0.2) is 13.1 Å². The van der Waals surface area contributed by atoms with Gasteiger partial charge in [-0.2, -0.15) is 0 Å². The SMILES string of the molecule is Cl.Fc1cccc(F)c1-c1ccc(C2CNCC2Cc2ccccc2)cc1. The molecule has 2 atom stereocenters. The highest BCUT2D eigenvalue weighted by Crippen LogP contribution is 2.33. The highest BCUT2D eigenvalue weighted by Gasteiger charge is 2.28. The van der Waals surface area contributed by atoms with Gasteiger partial charge in [0.2, 0.25) is 0 Å². The van der Waals surface area contributed by atoms with Crippen LogP contribution in [0.3, 0.4) is 0 Å². The number of nitrogens with one attached hydrogen (secondary N) is 1. The second-order valence-electron chi connectivity index (χ2n) is 6.93. The molecule has 1 heterocycles. The van der Waals surface area contributed by atoms with Gasteiger partial charge in [-0.15, -0.1) is 12.4 Å². The van der Waals surface area contributed by atoms with E-state index in [0.717, 1.165) is 19.5 Å². The normalized spacial score (nSPS) is 18.9.